The van der Waals surface area contributed by atoms with E-state index in [1.165, 1.54) is 12.5 Å². The lowest BCUT2D eigenvalue weighted by molar-refractivity contribution is 0.0986. The molecular formula is C15H18N2O3. The van der Waals surface area contributed by atoms with Gasteiger partial charge < -0.3 is 19.8 Å². The maximum absolute atomic E-state index is 12.5. The van der Waals surface area contributed by atoms with E-state index in [2.05, 4.69) is 0 Å². The number of hydrogen-bond donors (Lipinski definition) is 1. The second-order valence-electron chi connectivity index (χ2n) is 4.31. The Morgan fingerprint density at radius 3 is 2.60 bits per heavy atom. The summed E-state index contributed by atoms with van der Waals surface area (Å²) in [4.78, 5) is 14.2. The number of carbonyl (C=O) groups excluding carboxylic acids is 1. The Balaban J connectivity index is 2.23. The molecule has 20 heavy (non-hydrogen) atoms. The van der Waals surface area contributed by atoms with Gasteiger partial charge in [0.2, 0.25) is 0 Å². The summed E-state index contributed by atoms with van der Waals surface area (Å²) >= 11 is 0. The number of benzene rings is 1. The summed E-state index contributed by atoms with van der Waals surface area (Å²) in [5.74, 6) is 0.653. The van der Waals surface area contributed by atoms with Crippen LogP contribution in [0.15, 0.2) is 47.3 Å². The largest absolute Gasteiger partial charge is 0.497 e. The van der Waals surface area contributed by atoms with E-state index >= 15 is 0 Å². The topological polar surface area (TPSA) is 68.7 Å². The first-order valence-corrected chi connectivity index (χ1v) is 6.44. The zero-order valence-electron chi connectivity index (χ0n) is 11.4. The van der Waals surface area contributed by atoms with Crippen molar-refractivity contribution >= 4 is 11.6 Å². The molecule has 2 aromatic rings. The van der Waals surface area contributed by atoms with Crippen molar-refractivity contribution in [3.63, 3.8) is 0 Å². The highest BCUT2D eigenvalue weighted by Crippen LogP contribution is 2.21. The van der Waals surface area contributed by atoms with Gasteiger partial charge in [-0.2, -0.15) is 0 Å². The van der Waals surface area contributed by atoms with Crippen molar-refractivity contribution in [3.05, 3.63) is 48.4 Å². The molecule has 0 fully saturated rings. The molecule has 1 amide bonds. The number of hydrogen-bond acceptors (Lipinski definition) is 4. The van der Waals surface area contributed by atoms with Crippen molar-refractivity contribution in [2.45, 2.75) is 6.42 Å². The molecule has 2 rings (SSSR count). The number of furan rings is 1. The summed E-state index contributed by atoms with van der Waals surface area (Å²) in [5, 5.41) is 0. The molecule has 5 heteroatoms. The van der Waals surface area contributed by atoms with Crippen molar-refractivity contribution in [1.82, 2.24) is 0 Å². The summed E-state index contributed by atoms with van der Waals surface area (Å²) in [6, 6.07) is 9.02. The van der Waals surface area contributed by atoms with Crippen molar-refractivity contribution in [1.29, 1.82) is 0 Å². The van der Waals surface area contributed by atoms with E-state index in [4.69, 9.17) is 14.9 Å². The molecule has 0 spiro atoms. The molecule has 0 saturated carbocycles. The first-order valence-electron chi connectivity index (χ1n) is 6.44. The monoisotopic (exact) mass is 274 g/mol. The van der Waals surface area contributed by atoms with Crippen molar-refractivity contribution < 1.29 is 13.9 Å². The average Bonchev–Trinajstić information content (AvgIpc) is 3.02. The summed E-state index contributed by atoms with van der Waals surface area (Å²) < 4.78 is 10.1. The lowest BCUT2D eigenvalue weighted by Crippen LogP contribution is -2.32. The Labute approximate surface area is 117 Å². The van der Waals surface area contributed by atoms with E-state index < -0.39 is 0 Å². The molecule has 1 heterocycles. The number of methoxy groups -OCH3 is 1. The van der Waals surface area contributed by atoms with E-state index in [1.54, 1.807) is 18.1 Å². The summed E-state index contributed by atoms with van der Waals surface area (Å²) in [7, 11) is 1.61. The fourth-order valence-corrected chi connectivity index (χ4v) is 1.90. The van der Waals surface area contributed by atoms with Gasteiger partial charge in [0.15, 0.2) is 0 Å². The summed E-state index contributed by atoms with van der Waals surface area (Å²) in [6.07, 6.45) is 3.67. The Kier molecular flexibility index (Phi) is 4.79. The highest BCUT2D eigenvalue weighted by Gasteiger charge is 2.18. The molecule has 0 aliphatic heterocycles. The highest BCUT2D eigenvalue weighted by atomic mass is 16.5. The second kappa shape index (κ2) is 6.77. The van der Waals surface area contributed by atoms with Crippen LogP contribution in [-0.4, -0.2) is 26.1 Å². The number of rotatable bonds is 6. The standard InChI is InChI=1S/C15H18N2O3/c1-19-14-5-3-13(4-6-14)17(9-2-8-16)15(18)12-7-10-20-11-12/h3-7,10-11H,2,8-9,16H2,1H3. The lowest BCUT2D eigenvalue weighted by Gasteiger charge is -2.22. The molecule has 0 radical (unpaired) electrons. The molecule has 0 aliphatic carbocycles. The van der Waals surface area contributed by atoms with E-state index in [1.807, 2.05) is 24.3 Å². The number of amides is 1. The van der Waals surface area contributed by atoms with Gasteiger partial charge in [0.05, 0.1) is 18.9 Å². The molecule has 5 nitrogen and oxygen atoms in total. The highest BCUT2D eigenvalue weighted by molar-refractivity contribution is 6.05. The maximum atomic E-state index is 12.5. The van der Waals surface area contributed by atoms with Crippen LogP contribution in [0, 0.1) is 0 Å². The minimum atomic E-state index is -0.0997. The minimum Gasteiger partial charge on any atom is -0.497 e. The average molecular weight is 274 g/mol. The first-order chi connectivity index (χ1) is 9.76. The number of carbonyl (C=O) groups is 1. The van der Waals surface area contributed by atoms with Crippen LogP contribution < -0.4 is 15.4 Å². The van der Waals surface area contributed by atoms with Crippen molar-refractivity contribution in [2.24, 2.45) is 5.73 Å². The Bertz CT molecular complexity index is 535. The van der Waals surface area contributed by atoms with E-state index in [0.717, 1.165) is 17.9 Å². The van der Waals surface area contributed by atoms with Gasteiger partial charge in [0, 0.05) is 12.2 Å². The van der Waals surface area contributed by atoms with Gasteiger partial charge in [0.1, 0.15) is 12.0 Å². The molecule has 0 unspecified atom stereocenters. The Morgan fingerprint density at radius 2 is 2.05 bits per heavy atom. The molecule has 0 aliphatic rings. The minimum absolute atomic E-state index is 0.0997. The number of anilines is 1. The Morgan fingerprint density at radius 1 is 1.30 bits per heavy atom. The SMILES string of the molecule is COc1ccc(N(CCCN)C(=O)c2ccoc2)cc1. The van der Waals surface area contributed by atoms with Crippen LogP contribution in [0.2, 0.25) is 0 Å². The lowest BCUT2D eigenvalue weighted by atomic mass is 10.2. The molecule has 1 aromatic carbocycles. The van der Waals surface area contributed by atoms with Gasteiger partial charge in [-0.1, -0.05) is 0 Å². The van der Waals surface area contributed by atoms with E-state index in [-0.39, 0.29) is 5.91 Å². The smallest absolute Gasteiger partial charge is 0.261 e. The van der Waals surface area contributed by atoms with Crippen molar-refractivity contribution in [2.75, 3.05) is 25.1 Å². The normalized spacial score (nSPS) is 10.3. The van der Waals surface area contributed by atoms with Crippen LogP contribution in [0.25, 0.3) is 0 Å². The van der Waals surface area contributed by atoms with E-state index in [9.17, 15) is 4.79 Å². The fraction of sp³-hybridized carbons (Fsp3) is 0.267. The van der Waals surface area contributed by atoms with Gasteiger partial charge in [-0.25, -0.2) is 0 Å². The predicted octanol–water partition coefficient (Wildman–Crippen LogP) is 2.28. The molecule has 0 bridgehead atoms. The van der Waals surface area contributed by atoms with Gasteiger partial charge in [-0.3, -0.25) is 4.79 Å². The zero-order chi connectivity index (χ0) is 14.4. The maximum Gasteiger partial charge on any atom is 0.261 e. The van der Waals surface area contributed by atoms with Crippen LogP contribution in [0.4, 0.5) is 5.69 Å². The molecule has 0 atom stereocenters. The van der Waals surface area contributed by atoms with Crippen LogP contribution in [0.5, 0.6) is 5.75 Å². The van der Waals surface area contributed by atoms with Crippen molar-refractivity contribution in [3.8, 4) is 5.75 Å². The number of ether oxygens (including phenoxy) is 1. The number of nitrogens with two attached hydrogens (primary N) is 1. The predicted molar refractivity (Wildman–Crippen MR) is 77.0 cm³/mol. The third kappa shape index (κ3) is 3.19. The van der Waals surface area contributed by atoms with Gasteiger partial charge in [-0.15, -0.1) is 0 Å². The molecule has 0 saturated heterocycles. The quantitative estimate of drug-likeness (QED) is 0.877. The summed E-state index contributed by atoms with van der Waals surface area (Å²) in [5.41, 5.74) is 6.88. The van der Waals surface area contributed by atoms with Gasteiger partial charge in [-0.05, 0) is 43.3 Å². The molecule has 106 valence electrons. The van der Waals surface area contributed by atoms with Crippen LogP contribution in [-0.2, 0) is 0 Å². The molecular weight excluding hydrogens is 256 g/mol. The van der Waals surface area contributed by atoms with Crippen LogP contribution in [0.3, 0.4) is 0 Å². The fourth-order valence-electron chi connectivity index (χ4n) is 1.90. The second-order valence-corrected chi connectivity index (χ2v) is 4.31. The zero-order valence-corrected chi connectivity index (χ0v) is 11.4. The Hall–Kier alpha value is -2.27. The third-order valence-corrected chi connectivity index (χ3v) is 2.98. The van der Waals surface area contributed by atoms with Crippen LogP contribution >= 0.6 is 0 Å². The van der Waals surface area contributed by atoms with Gasteiger partial charge in [0.25, 0.3) is 5.91 Å². The first kappa shape index (κ1) is 14.1. The molecule has 1 aromatic heterocycles. The van der Waals surface area contributed by atoms with E-state index in [0.29, 0.717) is 18.7 Å². The van der Waals surface area contributed by atoms with Gasteiger partial charge >= 0.3 is 0 Å². The third-order valence-electron chi connectivity index (χ3n) is 2.98. The summed E-state index contributed by atoms with van der Waals surface area (Å²) in [6.45, 7) is 1.10. The molecule has 2 N–H and O–H groups in total. The number of nitrogens with zero attached hydrogens (tertiary/aromatic N) is 1. The van der Waals surface area contributed by atoms with Crippen LogP contribution in [0.1, 0.15) is 16.8 Å².